The smallest absolute Gasteiger partial charge is 0.350 e. The van der Waals surface area contributed by atoms with Crippen LogP contribution in [-0.4, -0.2) is 39.1 Å². The zero-order valence-electron chi connectivity index (χ0n) is 17.6. The van der Waals surface area contributed by atoms with Crippen molar-refractivity contribution in [1.29, 1.82) is 0 Å². The first kappa shape index (κ1) is 24.2. The van der Waals surface area contributed by atoms with Gasteiger partial charge in [0.1, 0.15) is 15.5 Å². The fourth-order valence-electron chi connectivity index (χ4n) is 2.70. The van der Waals surface area contributed by atoms with E-state index >= 15 is 0 Å². The monoisotopic (exact) mass is 497 g/mol. The van der Waals surface area contributed by atoms with Gasteiger partial charge in [-0.1, -0.05) is 17.7 Å². The number of esters is 2. The summed E-state index contributed by atoms with van der Waals surface area (Å²) >= 11 is 0. The number of ether oxygens (including phenoxy) is 2. The average Bonchev–Trinajstić information content (AvgIpc) is 2.66. The van der Waals surface area contributed by atoms with E-state index in [1.54, 1.807) is 19.1 Å². The molecule has 0 aromatic heterocycles. The molecule has 3 rings (SSSR count). The zero-order valence-corrected chi connectivity index (χ0v) is 19.2. The van der Waals surface area contributed by atoms with Crippen LogP contribution < -0.4 is 9.50 Å². The summed E-state index contributed by atoms with van der Waals surface area (Å²) in [5, 5.41) is 2.40. The molecular formula is C20H19NO10S2. The van der Waals surface area contributed by atoms with Crippen LogP contribution >= 0.6 is 0 Å². The standard InChI is InChI=1S/C20H19NO10S2/c1-12-4-7-14(8-5-12)33(27,28)31-13-6-9-16(17(10-13)32(24,25)26)21-11-15-18(22)29-20(2,3)30-19(15)23/h4-11,21H,1-3H3,(H,24,25,26). The maximum atomic E-state index is 12.5. The van der Waals surface area contributed by atoms with E-state index in [-0.39, 0.29) is 10.6 Å². The van der Waals surface area contributed by atoms with Gasteiger partial charge >= 0.3 is 22.1 Å². The lowest BCUT2D eigenvalue weighted by Crippen LogP contribution is -2.42. The lowest BCUT2D eigenvalue weighted by Gasteiger charge is -2.29. The van der Waals surface area contributed by atoms with E-state index in [0.717, 1.165) is 30.0 Å². The van der Waals surface area contributed by atoms with E-state index in [0.29, 0.717) is 0 Å². The number of nitrogens with one attached hydrogen (secondary N) is 1. The van der Waals surface area contributed by atoms with Gasteiger partial charge in [0.05, 0.1) is 5.69 Å². The first-order valence-corrected chi connectivity index (χ1v) is 12.1. The van der Waals surface area contributed by atoms with Crippen LogP contribution in [0.3, 0.4) is 0 Å². The first-order valence-electron chi connectivity index (χ1n) is 9.24. The summed E-state index contributed by atoms with van der Waals surface area (Å²) in [6.07, 6.45) is 0.841. The van der Waals surface area contributed by atoms with Crippen LogP contribution in [0.15, 0.2) is 64.0 Å². The molecule has 0 aliphatic carbocycles. The largest absolute Gasteiger partial charge is 0.419 e. The Kier molecular flexibility index (Phi) is 6.24. The molecule has 1 saturated heterocycles. The highest BCUT2D eigenvalue weighted by Crippen LogP contribution is 2.29. The third-order valence-corrected chi connectivity index (χ3v) is 6.39. The Morgan fingerprint density at radius 1 is 0.970 bits per heavy atom. The van der Waals surface area contributed by atoms with Gasteiger partial charge in [0.25, 0.3) is 15.9 Å². The summed E-state index contributed by atoms with van der Waals surface area (Å²) in [5.41, 5.74) is -0.0187. The Bertz CT molecular complexity index is 1340. The van der Waals surface area contributed by atoms with Gasteiger partial charge in [-0.3, -0.25) is 4.55 Å². The van der Waals surface area contributed by atoms with Crippen molar-refractivity contribution < 1.29 is 44.6 Å². The molecule has 0 bridgehead atoms. The van der Waals surface area contributed by atoms with Crippen molar-refractivity contribution in [3.8, 4) is 5.75 Å². The molecule has 0 spiro atoms. The van der Waals surface area contributed by atoms with E-state index in [1.807, 2.05) is 0 Å². The van der Waals surface area contributed by atoms with Crippen molar-refractivity contribution in [3.63, 3.8) is 0 Å². The Labute approximate surface area is 189 Å². The number of cyclic esters (lactones) is 2. The molecule has 0 radical (unpaired) electrons. The Morgan fingerprint density at radius 3 is 2.09 bits per heavy atom. The maximum Gasteiger partial charge on any atom is 0.350 e. The second-order valence-corrected chi connectivity index (χ2v) is 10.3. The molecule has 2 aromatic carbocycles. The molecule has 2 aromatic rings. The lowest BCUT2D eigenvalue weighted by molar-refractivity contribution is -0.222. The van der Waals surface area contributed by atoms with Gasteiger partial charge in [0.2, 0.25) is 0 Å². The summed E-state index contributed by atoms with van der Waals surface area (Å²) in [6, 6.07) is 8.71. The van der Waals surface area contributed by atoms with Gasteiger partial charge in [-0.05, 0) is 31.2 Å². The van der Waals surface area contributed by atoms with Crippen molar-refractivity contribution in [1.82, 2.24) is 0 Å². The van der Waals surface area contributed by atoms with Crippen LogP contribution in [0.5, 0.6) is 5.75 Å². The van der Waals surface area contributed by atoms with Crippen LogP contribution in [0, 0.1) is 6.92 Å². The molecule has 11 nitrogen and oxygen atoms in total. The fraction of sp³-hybridized carbons (Fsp3) is 0.200. The molecule has 33 heavy (non-hydrogen) atoms. The van der Waals surface area contributed by atoms with Gasteiger partial charge in [-0.2, -0.15) is 16.8 Å². The third kappa shape index (κ3) is 5.69. The Balaban J connectivity index is 1.91. The molecule has 0 atom stereocenters. The third-order valence-electron chi connectivity index (χ3n) is 4.24. The second-order valence-electron chi connectivity index (χ2n) is 7.36. The van der Waals surface area contributed by atoms with Gasteiger partial charge in [0, 0.05) is 26.1 Å². The second kappa shape index (κ2) is 8.50. The molecule has 0 saturated carbocycles. The molecule has 0 amide bonds. The summed E-state index contributed by atoms with van der Waals surface area (Å²) in [6.45, 7) is 4.48. The van der Waals surface area contributed by atoms with Gasteiger partial charge < -0.3 is 19.0 Å². The molecule has 0 unspecified atom stereocenters. The minimum absolute atomic E-state index is 0.161. The normalized spacial score (nSPS) is 15.9. The molecule has 1 aliphatic rings. The molecule has 2 N–H and O–H groups in total. The number of hydrogen-bond acceptors (Lipinski definition) is 10. The highest BCUT2D eigenvalue weighted by Gasteiger charge is 2.39. The van der Waals surface area contributed by atoms with Crippen molar-refractivity contribution in [2.24, 2.45) is 0 Å². The maximum absolute atomic E-state index is 12.5. The zero-order chi connectivity index (χ0) is 24.6. The summed E-state index contributed by atoms with van der Waals surface area (Å²) in [7, 11) is -9.17. The first-order chi connectivity index (χ1) is 15.2. The van der Waals surface area contributed by atoms with E-state index in [2.05, 4.69) is 5.32 Å². The van der Waals surface area contributed by atoms with E-state index in [9.17, 15) is 31.0 Å². The van der Waals surface area contributed by atoms with E-state index < -0.39 is 54.2 Å². The predicted molar refractivity (Wildman–Crippen MR) is 113 cm³/mol. The minimum atomic E-state index is -4.88. The quantitative estimate of drug-likeness (QED) is 0.198. The predicted octanol–water partition coefficient (Wildman–Crippen LogP) is 2.14. The van der Waals surface area contributed by atoms with E-state index in [1.165, 1.54) is 26.0 Å². The molecule has 1 aliphatic heterocycles. The number of rotatable bonds is 6. The van der Waals surface area contributed by atoms with E-state index in [4.69, 9.17) is 13.7 Å². The Morgan fingerprint density at radius 2 is 1.55 bits per heavy atom. The molecule has 1 heterocycles. The summed E-state index contributed by atoms with van der Waals surface area (Å²) in [5.74, 6) is -3.89. The molecule has 176 valence electrons. The van der Waals surface area contributed by atoms with Crippen molar-refractivity contribution in [3.05, 3.63) is 59.8 Å². The van der Waals surface area contributed by atoms with Crippen LogP contribution in [-0.2, 0) is 39.3 Å². The van der Waals surface area contributed by atoms with Crippen LogP contribution in [0.4, 0.5) is 5.69 Å². The lowest BCUT2D eigenvalue weighted by atomic mass is 10.2. The molecular weight excluding hydrogens is 478 g/mol. The SMILES string of the molecule is Cc1ccc(S(=O)(=O)Oc2ccc(NC=C3C(=O)OC(C)(C)OC3=O)c(S(=O)(=O)O)c2)cc1. The topological polar surface area (TPSA) is 162 Å². The van der Waals surface area contributed by atoms with Crippen molar-refractivity contribution in [2.45, 2.75) is 36.3 Å². The van der Waals surface area contributed by atoms with Gasteiger partial charge in [-0.25, -0.2) is 9.59 Å². The fourth-order valence-corrected chi connectivity index (χ4v) is 4.29. The number of carbonyl (C=O) groups excluding carboxylic acids is 2. The summed E-state index contributed by atoms with van der Waals surface area (Å²) < 4.78 is 73.0. The van der Waals surface area contributed by atoms with Crippen LogP contribution in [0.1, 0.15) is 19.4 Å². The average molecular weight is 498 g/mol. The number of anilines is 1. The van der Waals surface area contributed by atoms with Crippen LogP contribution in [0.25, 0.3) is 0 Å². The van der Waals surface area contributed by atoms with Gasteiger partial charge in [0.15, 0.2) is 5.57 Å². The van der Waals surface area contributed by atoms with Crippen LogP contribution in [0.2, 0.25) is 0 Å². The highest BCUT2D eigenvalue weighted by atomic mass is 32.2. The molecule has 13 heteroatoms. The van der Waals surface area contributed by atoms with Crippen molar-refractivity contribution in [2.75, 3.05) is 5.32 Å². The van der Waals surface area contributed by atoms with Crippen molar-refractivity contribution >= 4 is 37.9 Å². The molecule has 1 fully saturated rings. The number of hydrogen-bond donors (Lipinski definition) is 2. The summed E-state index contributed by atoms with van der Waals surface area (Å²) in [4.78, 5) is 23.1. The van der Waals surface area contributed by atoms with Gasteiger partial charge in [-0.15, -0.1) is 0 Å². The number of benzene rings is 2. The Hall–Kier alpha value is -3.42. The number of aryl methyl sites for hydroxylation is 1. The highest BCUT2D eigenvalue weighted by molar-refractivity contribution is 7.87. The minimum Gasteiger partial charge on any atom is -0.419 e. The number of carbonyl (C=O) groups is 2.